The predicted octanol–water partition coefficient (Wildman–Crippen LogP) is 7.39. The monoisotopic (exact) mass is 2360 g/mol. The van der Waals surface area contributed by atoms with Crippen LogP contribution in [0.15, 0.2) is 83.3 Å². The largest absolute Gasteiger partial charge is 0.748 e. The normalized spacial score (nSPS) is 21.8. The molecule has 8 rings (SSSR count). The molecular formula is C56H71N2O12S2Y15-3. The molecule has 5 aliphatic rings. The number of ether oxygens (including phenoxy) is 2. The summed E-state index contributed by atoms with van der Waals surface area (Å²) in [6.45, 7) is 13.2. The van der Waals surface area contributed by atoms with Gasteiger partial charge >= 0.3 is 0 Å². The third-order valence-electron chi connectivity index (χ3n) is 16.2. The van der Waals surface area contributed by atoms with Crippen molar-refractivity contribution >= 4 is 48.1 Å². The Morgan fingerprint density at radius 3 is 1.91 bits per heavy atom. The summed E-state index contributed by atoms with van der Waals surface area (Å²) in [5, 5.41) is 44.5. The molecule has 437 valence electrons. The summed E-state index contributed by atoms with van der Waals surface area (Å²) >= 11 is 0. The summed E-state index contributed by atoms with van der Waals surface area (Å²) in [7, 11) is -8.95. The first-order chi connectivity index (χ1) is 34.2. The molecule has 6 atom stereocenters. The van der Waals surface area contributed by atoms with Crippen molar-refractivity contribution in [1.29, 1.82) is 0 Å². The summed E-state index contributed by atoms with van der Waals surface area (Å²) in [6, 6.07) is 16.1. The van der Waals surface area contributed by atoms with Crippen LogP contribution in [0.25, 0.3) is 10.8 Å². The SMILES string of the molecule is CCC1(CC)C(/C=C/C2=C(OCC3OC(O)C(O)C(O)C3O)C(=C/C=C3/N(CCCS(=O)(=O)[O-])c4ccc5c(c4C3(CC)CC)C(C)C[CH-]C5)/CCC2)=[N+](CCCS(=O)(=O)[O-])c2ccc3cc(C)c[c-]c3c21.[Y].[Y].[Y].[Y].[Y].[Y].[Y].[Y].[Y].[Y].[Y].[Y].[Y].[Y].[Y]. The molecule has 3 aromatic carbocycles. The van der Waals surface area contributed by atoms with Crippen LogP contribution in [0.1, 0.15) is 133 Å². The Labute approximate surface area is 896 Å². The van der Waals surface area contributed by atoms with Crippen molar-refractivity contribution in [3.05, 3.63) is 124 Å². The van der Waals surface area contributed by atoms with Crippen LogP contribution in [-0.2, 0) is 538 Å². The van der Waals surface area contributed by atoms with Crippen LogP contribution >= 0.6 is 0 Å². The van der Waals surface area contributed by atoms with E-state index in [1.54, 1.807) is 0 Å². The molecule has 2 aliphatic carbocycles. The molecule has 0 saturated carbocycles. The Kier molecular flexibility index (Phi) is 70.4. The van der Waals surface area contributed by atoms with Gasteiger partial charge in [-0.25, -0.2) is 21.4 Å². The van der Waals surface area contributed by atoms with E-state index in [0.717, 1.165) is 87.9 Å². The van der Waals surface area contributed by atoms with Gasteiger partial charge in [0.2, 0.25) is 0 Å². The van der Waals surface area contributed by atoms with Gasteiger partial charge in [-0.15, -0.1) is 34.5 Å². The van der Waals surface area contributed by atoms with E-state index >= 15 is 0 Å². The Hall–Kier alpha value is 12.3. The molecule has 0 spiro atoms. The molecule has 0 bridgehead atoms. The number of aryl methyl sites for hydroxylation is 1. The van der Waals surface area contributed by atoms with Crippen LogP contribution in [0.5, 0.6) is 0 Å². The van der Waals surface area contributed by atoms with E-state index < -0.39 is 73.3 Å². The van der Waals surface area contributed by atoms with Gasteiger partial charge in [-0.3, -0.25) is 0 Å². The molecule has 15 radical (unpaired) electrons. The zero-order valence-corrected chi connectivity index (χ0v) is 95.3. The number of nitrogens with zero attached hydrogens (tertiary/aromatic N) is 2. The Morgan fingerprint density at radius 1 is 0.747 bits per heavy atom. The van der Waals surface area contributed by atoms with E-state index in [-0.39, 0.29) is 523 Å². The molecule has 0 amide bonds. The van der Waals surface area contributed by atoms with E-state index in [1.807, 2.05) is 19.1 Å². The third kappa shape index (κ3) is 28.1. The molecular weight excluding hydrogens is 2290 g/mol. The van der Waals surface area contributed by atoms with Gasteiger partial charge in [0.15, 0.2) is 17.7 Å². The fourth-order valence-electron chi connectivity index (χ4n) is 12.5. The number of benzene rings is 3. The molecule has 87 heavy (non-hydrogen) atoms. The van der Waals surface area contributed by atoms with Crippen LogP contribution in [0.3, 0.4) is 0 Å². The number of rotatable bonds is 18. The minimum absolute atomic E-state index is 0. The van der Waals surface area contributed by atoms with Gasteiger partial charge in [0.05, 0.1) is 25.7 Å². The third-order valence-corrected chi connectivity index (χ3v) is 17.8. The molecule has 14 nitrogen and oxygen atoms in total. The van der Waals surface area contributed by atoms with Crippen molar-refractivity contribution in [3.8, 4) is 0 Å². The second-order valence-electron chi connectivity index (χ2n) is 20.4. The van der Waals surface area contributed by atoms with E-state index in [4.69, 9.17) is 9.47 Å². The van der Waals surface area contributed by atoms with Gasteiger partial charge in [0.1, 0.15) is 43.3 Å². The number of allylic oxidation sites excluding steroid dienone is 7. The summed E-state index contributed by atoms with van der Waals surface area (Å²) in [4.78, 5) is 2.20. The molecule has 1 saturated heterocycles. The van der Waals surface area contributed by atoms with Gasteiger partial charge in [0.25, 0.3) is 0 Å². The van der Waals surface area contributed by atoms with Gasteiger partial charge in [-0.1, -0.05) is 65.3 Å². The predicted molar refractivity (Wildman–Crippen MR) is 276 cm³/mol. The van der Waals surface area contributed by atoms with Crippen molar-refractivity contribution in [3.63, 3.8) is 0 Å². The summed E-state index contributed by atoms with van der Waals surface area (Å²) in [5.41, 5.74) is 10.6. The molecule has 3 heterocycles. The standard InChI is InChI=1S/C56H73N2O12S2.15Y/c1-7-55(8-2)45(57(29-13-31-71(63,64)65)42-26-21-40-33-35(5)19-24-41(40)48(42)55)27-22-38-17-12-18-39(53(38)69-34-44-50(59)51(60)52(61)54(62)70-44)23-28-46-56(9-3,10-4)49-43(58(46)30-14-32-72(66,67)68)25-20-37-16-11-15-36(6)47(37)49;;;;;;;;;;;;;;;/h11,19-23,25-28,33,36,44,50-52,54,59-62H,7-10,12-18,29-32,34H2,1-6H3,(H,63,64,65)(H,66,67,68);;;;;;;;;;;;;;;/q-1;;;;;;;;;;;;;;;/p-2. The van der Waals surface area contributed by atoms with Gasteiger partial charge in [-0.05, 0) is 109 Å². The summed E-state index contributed by atoms with van der Waals surface area (Å²) in [5.74, 6) is -0.228. The number of aliphatic hydroxyl groups is 4. The zero-order valence-electron chi connectivity index (χ0n) is 51.1. The Balaban J connectivity index is -0.000000693. The first-order valence-electron chi connectivity index (χ1n) is 25.8. The van der Waals surface area contributed by atoms with Gasteiger partial charge in [0, 0.05) is 538 Å². The average molecular weight is 2360 g/mol. The number of hydrogen-bond acceptors (Lipinski definition) is 13. The molecule has 31 heteroatoms. The first kappa shape index (κ1) is 115. The van der Waals surface area contributed by atoms with E-state index in [1.165, 1.54) is 16.7 Å². The fraction of sp³-hybridized carbons (Fsp3) is 0.536. The zero-order chi connectivity index (χ0) is 51.9. The molecule has 4 N–H and O–H groups in total. The van der Waals surface area contributed by atoms with E-state index in [0.29, 0.717) is 38.0 Å². The van der Waals surface area contributed by atoms with Crippen LogP contribution in [0.2, 0.25) is 0 Å². The maximum absolute atomic E-state index is 12.0. The number of anilines is 1. The number of hydrogen-bond donors (Lipinski definition) is 4. The van der Waals surface area contributed by atoms with Crippen molar-refractivity contribution in [2.75, 3.05) is 36.1 Å². The molecule has 6 unspecified atom stereocenters. The van der Waals surface area contributed by atoms with E-state index in [2.05, 4.69) is 105 Å². The van der Waals surface area contributed by atoms with Gasteiger partial charge in [-0.2, -0.15) is 12.8 Å². The maximum atomic E-state index is 12.0. The Bertz CT molecular complexity index is 2990. The quantitative estimate of drug-likeness (QED) is 0.0555. The second kappa shape index (κ2) is 53.2. The minimum Gasteiger partial charge on any atom is -0.748 e. The number of fused-ring (bicyclic) bond motifs is 6. The molecule has 0 aromatic heterocycles. The summed E-state index contributed by atoms with van der Waals surface area (Å²) in [6.07, 6.45) is 9.55. The van der Waals surface area contributed by atoms with Crippen LogP contribution in [0, 0.1) is 19.4 Å². The number of aliphatic hydroxyl groups excluding tert-OH is 4. The van der Waals surface area contributed by atoms with Crippen molar-refractivity contribution in [2.24, 2.45) is 0 Å². The van der Waals surface area contributed by atoms with Crippen molar-refractivity contribution in [2.45, 2.75) is 160 Å². The fourth-order valence-corrected chi connectivity index (χ4v) is 13.5. The Morgan fingerprint density at radius 2 is 1.33 bits per heavy atom. The maximum Gasteiger partial charge on any atom is 0.184 e. The molecule has 3 aromatic rings. The first-order valence-corrected chi connectivity index (χ1v) is 28.9. The topological polar surface area (TPSA) is 220 Å². The van der Waals surface area contributed by atoms with Crippen LogP contribution < -0.4 is 4.90 Å². The molecule has 1 fully saturated rings. The second-order valence-corrected chi connectivity index (χ2v) is 23.4. The van der Waals surface area contributed by atoms with Crippen LogP contribution in [-0.4, -0.2) is 119 Å². The average Bonchev–Trinajstić information content (AvgIpc) is 3.77. The minimum atomic E-state index is -4.48. The van der Waals surface area contributed by atoms with Crippen molar-refractivity contribution < 1.29 is 551 Å². The van der Waals surface area contributed by atoms with Gasteiger partial charge < -0.3 is 50.3 Å². The smallest absolute Gasteiger partial charge is 0.184 e. The van der Waals surface area contributed by atoms with Crippen LogP contribution in [0.4, 0.5) is 11.4 Å². The summed E-state index contributed by atoms with van der Waals surface area (Å²) < 4.78 is 86.1. The van der Waals surface area contributed by atoms with E-state index in [9.17, 15) is 46.4 Å². The van der Waals surface area contributed by atoms with Crippen molar-refractivity contribution in [1.82, 2.24) is 0 Å². The molecule has 3 aliphatic heterocycles.